The maximum absolute atomic E-state index is 5.61. The molecule has 3 nitrogen and oxygen atoms in total. The molecule has 0 amide bonds. The third-order valence-electron chi connectivity index (χ3n) is 1.29. The normalized spacial score (nSPS) is 11.5. The van der Waals surface area contributed by atoms with E-state index in [4.69, 9.17) is 11.5 Å². The molecular weight excluding hydrogens is 138 g/mol. The van der Waals surface area contributed by atoms with Gasteiger partial charge in [-0.2, -0.15) is 0 Å². The zero-order chi connectivity index (χ0) is 8.32. The summed E-state index contributed by atoms with van der Waals surface area (Å²) in [5.74, 6) is 0. The van der Waals surface area contributed by atoms with E-state index in [9.17, 15) is 0 Å². The molecule has 60 valence electrons. The van der Waals surface area contributed by atoms with E-state index in [0.29, 0.717) is 6.42 Å². The zero-order valence-corrected chi connectivity index (χ0v) is 6.62. The molecule has 3 heteroatoms. The van der Waals surface area contributed by atoms with Crippen LogP contribution < -0.4 is 11.5 Å². The molecule has 1 heterocycles. The fraction of sp³-hybridized carbons (Fsp3) is 0.375. The lowest BCUT2D eigenvalue weighted by atomic mass is 10.1. The molecule has 11 heavy (non-hydrogen) atoms. The number of aromatic nitrogens is 1. The van der Waals surface area contributed by atoms with Crippen molar-refractivity contribution in [1.29, 1.82) is 0 Å². The minimum absolute atomic E-state index is 0.605. The van der Waals surface area contributed by atoms with Crippen molar-refractivity contribution in [3.63, 3.8) is 0 Å². The van der Waals surface area contributed by atoms with Crippen molar-refractivity contribution in [1.82, 2.24) is 4.98 Å². The second-order valence-electron chi connectivity index (χ2n) is 3.00. The van der Waals surface area contributed by atoms with Gasteiger partial charge in [-0.25, -0.2) is 0 Å². The molecule has 0 saturated heterocycles. The average molecular weight is 151 g/mol. The Hall–Kier alpha value is -0.930. The van der Waals surface area contributed by atoms with Gasteiger partial charge in [0, 0.05) is 18.3 Å². The Bertz CT molecular complexity index is 213. The molecule has 0 saturated carbocycles. The first-order valence-corrected chi connectivity index (χ1v) is 3.55. The van der Waals surface area contributed by atoms with E-state index in [1.165, 1.54) is 0 Å². The summed E-state index contributed by atoms with van der Waals surface area (Å²) in [6.07, 6.45) is 2.34. The standard InChI is InChI=1S/C8H13N3/c1-8(9,10)6-7-4-2-3-5-11-7/h2-5H,6,9-10H2,1H3. The van der Waals surface area contributed by atoms with Crippen LogP contribution in [0.4, 0.5) is 0 Å². The number of hydrogen-bond acceptors (Lipinski definition) is 3. The van der Waals surface area contributed by atoms with Crippen LogP contribution in [-0.4, -0.2) is 10.6 Å². The number of hydrogen-bond donors (Lipinski definition) is 2. The molecule has 1 aromatic rings. The van der Waals surface area contributed by atoms with Gasteiger partial charge in [0.05, 0.1) is 5.66 Å². The maximum Gasteiger partial charge on any atom is 0.0664 e. The van der Waals surface area contributed by atoms with Gasteiger partial charge < -0.3 is 11.5 Å². The largest absolute Gasteiger partial charge is 0.313 e. The third kappa shape index (κ3) is 3.11. The molecule has 0 aliphatic heterocycles. The highest BCUT2D eigenvalue weighted by atomic mass is 14.9. The summed E-state index contributed by atoms with van der Waals surface area (Å²) >= 11 is 0. The van der Waals surface area contributed by atoms with Crippen molar-refractivity contribution in [2.24, 2.45) is 11.5 Å². The van der Waals surface area contributed by atoms with E-state index in [1.54, 1.807) is 13.1 Å². The SMILES string of the molecule is CC(N)(N)Cc1ccccn1. The van der Waals surface area contributed by atoms with Gasteiger partial charge in [0.1, 0.15) is 0 Å². The van der Waals surface area contributed by atoms with Gasteiger partial charge in [0.15, 0.2) is 0 Å². The lowest BCUT2D eigenvalue weighted by Gasteiger charge is -2.17. The van der Waals surface area contributed by atoms with Crippen LogP contribution in [-0.2, 0) is 6.42 Å². The smallest absolute Gasteiger partial charge is 0.0664 e. The summed E-state index contributed by atoms with van der Waals surface area (Å²) in [6, 6.07) is 5.71. The Labute approximate surface area is 66.4 Å². The molecule has 0 aromatic carbocycles. The second kappa shape index (κ2) is 2.98. The topological polar surface area (TPSA) is 64.9 Å². The zero-order valence-electron chi connectivity index (χ0n) is 6.62. The molecule has 0 spiro atoms. The van der Waals surface area contributed by atoms with Gasteiger partial charge in [-0.3, -0.25) is 4.98 Å². The van der Waals surface area contributed by atoms with Crippen molar-refractivity contribution in [2.75, 3.05) is 0 Å². The van der Waals surface area contributed by atoms with Gasteiger partial charge in [0.25, 0.3) is 0 Å². The van der Waals surface area contributed by atoms with Crippen LogP contribution in [0, 0.1) is 0 Å². The Morgan fingerprint density at radius 3 is 2.64 bits per heavy atom. The molecule has 0 fully saturated rings. The highest BCUT2D eigenvalue weighted by molar-refractivity contribution is 5.06. The minimum Gasteiger partial charge on any atom is -0.313 e. The maximum atomic E-state index is 5.61. The Balaban J connectivity index is 2.66. The van der Waals surface area contributed by atoms with Crippen molar-refractivity contribution < 1.29 is 0 Å². The summed E-state index contributed by atoms with van der Waals surface area (Å²) in [7, 11) is 0. The summed E-state index contributed by atoms with van der Waals surface area (Å²) in [5, 5.41) is 0. The molecule has 4 N–H and O–H groups in total. The van der Waals surface area contributed by atoms with Gasteiger partial charge >= 0.3 is 0 Å². The summed E-state index contributed by atoms with van der Waals surface area (Å²) in [5.41, 5.74) is 11.5. The van der Waals surface area contributed by atoms with E-state index in [-0.39, 0.29) is 0 Å². The number of pyridine rings is 1. The van der Waals surface area contributed by atoms with Crippen molar-refractivity contribution in [2.45, 2.75) is 19.0 Å². The third-order valence-corrected chi connectivity index (χ3v) is 1.29. The first-order chi connectivity index (χ1) is 5.08. The molecule has 0 aliphatic carbocycles. The van der Waals surface area contributed by atoms with E-state index in [1.807, 2.05) is 18.2 Å². The van der Waals surface area contributed by atoms with Crippen LogP contribution in [0.25, 0.3) is 0 Å². The van der Waals surface area contributed by atoms with Crippen molar-refractivity contribution in [3.05, 3.63) is 30.1 Å². The van der Waals surface area contributed by atoms with E-state index in [0.717, 1.165) is 5.69 Å². The number of rotatable bonds is 2. The molecular formula is C8H13N3. The molecule has 0 atom stereocenters. The first-order valence-electron chi connectivity index (χ1n) is 3.55. The summed E-state index contributed by atoms with van der Waals surface area (Å²) in [6.45, 7) is 1.78. The van der Waals surface area contributed by atoms with Crippen molar-refractivity contribution in [3.8, 4) is 0 Å². The molecule has 0 bridgehead atoms. The van der Waals surface area contributed by atoms with Crippen LogP contribution in [0.2, 0.25) is 0 Å². The van der Waals surface area contributed by atoms with E-state index < -0.39 is 5.66 Å². The Morgan fingerprint density at radius 1 is 1.45 bits per heavy atom. The number of nitrogens with two attached hydrogens (primary N) is 2. The lowest BCUT2D eigenvalue weighted by Crippen LogP contribution is -2.48. The monoisotopic (exact) mass is 151 g/mol. The van der Waals surface area contributed by atoms with Crippen LogP contribution in [0.3, 0.4) is 0 Å². The van der Waals surface area contributed by atoms with Gasteiger partial charge in [-0.15, -0.1) is 0 Å². The first kappa shape index (κ1) is 8.17. The van der Waals surface area contributed by atoms with Gasteiger partial charge in [-0.05, 0) is 19.1 Å². The highest BCUT2D eigenvalue weighted by Gasteiger charge is 2.11. The predicted molar refractivity (Wildman–Crippen MR) is 44.7 cm³/mol. The fourth-order valence-corrected chi connectivity index (χ4v) is 0.893. The van der Waals surface area contributed by atoms with Gasteiger partial charge in [-0.1, -0.05) is 6.07 Å². The predicted octanol–water partition coefficient (Wildman–Crippen LogP) is 0.258. The summed E-state index contributed by atoms with van der Waals surface area (Å²) in [4.78, 5) is 4.10. The second-order valence-corrected chi connectivity index (χ2v) is 3.00. The Kier molecular flexibility index (Phi) is 2.22. The minimum atomic E-state index is -0.658. The molecule has 0 radical (unpaired) electrons. The molecule has 0 unspecified atom stereocenters. The average Bonchev–Trinajstić information content (AvgIpc) is 1.85. The molecule has 1 rings (SSSR count). The fourth-order valence-electron chi connectivity index (χ4n) is 0.893. The van der Waals surface area contributed by atoms with E-state index in [2.05, 4.69) is 4.98 Å². The van der Waals surface area contributed by atoms with Crippen molar-refractivity contribution >= 4 is 0 Å². The highest BCUT2D eigenvalue weighted by Crippen LogP contribution is 2.01. The van der Waals surface area contributed by atoms with Crippen LogP contribution in [0.5, 0.6) is 0 Å². The van der Waals surface area contributed by atoms with Crippen LogP contribution >= 0.6 is 0 Å². The quantitative estimate of drug-likeness (QED) is 0.596. The number of nitrogens with zero attached hydrogens (tertiary/aromatic N) is 1. The Morgan fingerprint density at radius 2 is 2.18 bits per heavy atom. The molecule has 1 aromatic heterocycles. The van der Waals surface area contributed by atoms with Crippen LogP contribution in [0.1, 0.15) is 12.6 Å². The van der Waals surface area contributed by atoms with Gasteiger partial charge in [0.2, 0.25) is 0 Å². The summed E-state index contributed by atoms with van der Waals surface area (Å²) < 4.78 is 0. The lowest BCUT2D eigenvalue weighted by molar-refractivity contribution is 0.481. The van der Waals surface area contributed by atoms with E-state index >= 15 is 0 Å². The molecule has 0 aliphatic rings. The van der Waals surface area contributed by atoms with Crippen LogP contribution in [0.15, 0.2) is 24.4 Å².